The summed E-state index contributed by atoms with van der Waals surface area (Å²) < 4.78 is 4.65. The molecule has 0 unspecified atom stereocenters. The lowest BCUT2D eigenvalue weighted by Gasteiger charge is -2.05. The van der Waals surface area contributed by atoms with Crippen molar-refractivity contribution in [2.24, 2.45) is 0 Å². The Balaban J connectivity index is 1.92. The molecular weight excluding hydrogens is 332 g/mol. The van der Waals surface area contributed by atoms with E-state index in [1.807, 2.05) is 0 Å². The van der Waals surface area contributed by atoms with E-state index < -0.39 is 5.97 Å². The second-order valence-corrected chi connectivity index (χ2v) is 6.15. The number of rotatable bonds is 5. The van der Waals surface area contributed by atoms with E-state index >= 15 is 0 Å². The van der Waals surface area contributed by atoms with Crippen LogP contribution in [0.25, 0.3) is 0 Å². The lowest BCUT2D eigenvalue weighted by Crippen LogP contribution is -2.15. The van der Waals surface area contributed by atoms with Crippen molar-refractivity contribution in [3.8, 4) is 0 Å². The van der Waals surface area contributed by atoms with E-state index in [0.717, 1.165) is 0 Å². The van der Waals surface area contributed by atoms with Gasteiger partial charge in [0.15, 0.2) is 0 Å². The molecule has 2 aromatic rings. The molecule has 0 saturated heterocycles. The summed E-state index contributed by atoms with van der Waals surface area (Å²) >= 11 is 8.24. The number of pyridine rings is 1. The summed E-state index contributed by atoms with van der Waals surface area (Å²) in [6, 6.07) is 5.12. The van der Waals surface area contributed by atoms with Gasteiger partial charge in [-0.1, -0.05) is 23.4 Å². The van der Waals surface area contributed by atoms with Crippen molar-refractivity contribution >= 4 is 52.3 Å². The molecule has 0 atom stereocenters. The van der Waals surface area contributed by atoms with Crippen molar-refractivity contribution in [3.05, 3.63) is 39.7 Å². The number of hydrogen-bond acceptors (Lipinski definition) is 6. The van der Waals surface area contributed by atoms with Gasteiger partial charge in [0.2, 0.25) is 5.91 Å². The Hall–Kier alpha value is -1.57. The van der Waals surface area contributed by atoms with Crippen LogP contribution in [0.2, 0.25) is 5.02 Å². The Morgan fingerprint density at radius 1 is 1.43 bits per heavy atom. The number of thiophene rings is 1. The number of halogens is 1. The molecule has 0 aromatic carbocycles. The van der Waals surface area contributed by atoms with Gasteiger partial charge in [-0.2, -0.15) is 0 Å². The first-order valence-electron chi connectivity index (χ1n) is 5.80. The van der Waals surface area contributed by atoms with Gasteiger partial charge in [-0.05, 0) is 23.6 Å². The van der Waals surface area contributed by atoms with Gasteiger partial charge in [-0.15, -0.1) is 11.3 Å². The first-order chi connectivity index (χ1) is 10.1. The number of carbonyl (C=O) groups is 2. The molecular formula is C13H11ClN2O3S2. The molecule has 8 heteroatoms. The van der Waals surface area contributed by atoms with Crippen LogP contribution < -0.4 is 5.32 Å². The number of hydrogen-bond donors (Lipinski definition) is 1. The Morgan fingerprint density at radius 2 is 2.24 bits per heavy atom. The highest BCUT2D eigenvalue weighted by molar-refractivity contribution is 7.99. The fraction of sp³-hybridized carbons (Fsp3) is 0.154. The van der Waals surface area contributed by atoms with E-state index in [0.29, 0.717) is 20.6 Å². The first-order valence-corrected chi connectivity index (χ1v) is 8.04. The number of amides is 1. The monoisotopic (exact) mass is 342 g/mol. The molecule has 0 fully saturated rings. The van der Waals surface area contributed by atoms with Gasteiger partial charge in [-0.3, -0.25) is 4.79 Å². The van der Waals surface area contributed by atoms with Gasteiger partial charge in [0.25, 0.3) is 0 Å². The van der Waals surface area contributed by atoms with Crippen molar-refractivity contribution in [3.63, 3.8) is 0 Å². The van der Waals surface area contributed by atoms with Crippen LogP contribution in [0.15, 0.2) is 34.8 Å². The van der Waals surface area contributed by atoms with Crippen molar-refractivity contribution in [1.82, 2.24) is 4.98 Å². The van der Waals surface area contributed by atoms with Gasteiger partial charge < -0.3 is 10.1 Å². The zero-order valence-corrected chi connectivity index (χ0v) is 13.3. The SMILES string of the molecule is COC(=O)c1sccc1NC(=O)CSc1ccc(Cl)cn1. The van der Waals surface area contributed by atoms with Gasteiger partial charge in [0.1, 0.15) is 4.88 Å². The van der Waals surface area contributed by atoms with E-state index in [1.54, 1.807) is 23.6 Å². The molecule has 110 valence electrons. The largest absolute Gasteiger partial charge is 0.465 e. The smallest absolute Gasteiger partial charge is 0.350 e. The second-order valence-electron chi connectivity index (χ2n) is 3.81. The quantitative estimate of drug-likeness (QED) is 0.667. The van der Waals surface area contributed by atoms with Crippen molar-refractivity contribution < 1.29 is 14.3 Å². The highest BCUT2D eigenvalue weighted by atomic mass is 35.5. The van der Waals surface area contributed by atoms with E-state index in [2.05, 4.69) is 15.0 Å². The predicted octanol–water partition coefficient (Wildman–Crippen LogP) is 3.31. The molecule has 5 nitrogen and oxygen atoms in total. The number of anilines is 1. The summed E-state index contributed by atoms with van der Waals surface area (Å²) in [7, 11) is 1.30. The number of thioether (sulfide) groups is 1. The summed E-state index contributed by atoms with van der Waals surface area (Å²) in [6.45, 7) is 0. The summed E-state index contributed by atoms with van der Waals surface area (Å²) in [4.78, 5) is 27.8. The number of methoxy groups -OCH3 is 1. The molecule has 0 radical (unpaired) electrons. The molecule has 0 bridgehead atoms. The molecule has 1 amide bonds. The highest BCUT2D eigenvalue weighted by Gasteiger charge is 2.15. The molecule has 0 aliphatic heterocycles. The number of aromatic nitrogens is 1. The van der Waals surface area contributed by atoms with Crippen LogP contribution in [0.5, 0.6) is 0 Å². The number of ether oxygens (including phenoxy) is 1. The van der Waals surface area contributed by atoms with Gasteiger partial charge >= 0.3 is 5.97 Å². The normalized spacial score (nSPS) is 10.2. The molecule has 2 heterocycles. The van der Waals surface area contributed by atoms with Gasteiger partial charge in [0, 0.05) is 6.20 Å². The van der Waals surface area contributed by atoms with Crippen LogP contribution >= 0.6 is 34.7 Å². The van der Waals surface area contributed by atoms with Crippen LogP contribution in [-0.2, 0) is 9.53 Å². The minimum atomic E-state index is -0.465. The maximum absolute atomic E-state index is 11.9. The summed E-state index contributed by atoms with van der Waals surface area (Å²) in [5, 5.41) is 5.65. The van der Waals surface area contributed by atoms with Crippen LogP contribution in [0.4, 0.5) is 5.69 Å². The summed E-state index contributed by atoms with van der Waals surface area (Å²) in [5.41, 5.74) is 0.460. The second kappa shape index (κ2) is 7.44. The topological polar surface area (TPSA) is 68.3 Å². The Morgan fingerprint density at radius 3 is 2.90 bits per heavy atom. The lowest BCUT2D eigenvalue weighted by molar-refractivity contribution is -0.113. The van der Waals surface area contributed by atoms with Crippen LogP contribution in [-0.4, -0.2) is 29.7 Å². The molecule has 1 N–H and O–H groups in total. The zero-order valence-electron chi connectivity index (χ0n) is 11.0. The molecule has 21 heavy (non-hydrogen) atoms. The average molecular weight is 343 g/mol. The first kappa shape index (κ1) is 15.8. The Bertz CT molecular complexity index is 643. The highest BCUT2D eigenvalue weighted by Crippen LogP contribution is 2.24. The summed E-state index contributed by atoms with van der Waals surface area (Å²) in [5.74, 6) is -0.502. The van der Waals surface area contributed by atoms with E-state index in [4.69, 9.17) is 11.6 Å². The maximum Gasteiger partial charge on any atom is 0.350 e. The van der Waals surface area contributed by atoms with Gasteiger partial charge in [0.05, 0.1) is 28.6 Å². The van der Waals surface area contributed by atoms with E-state index in [-0.39, 0.29) is 11.7 Å². The standard InChI is InChI=1S/C13H11ClN2O3S2/c1-19-13(18)12-9(4-5-20-12)16-10(17)7-21-11-3-2-8(14)6-15-11/h2-6H,7H2,1H3,(H,16,17). The fourth-order valence-corrected chi connectivity index (χ4v) is 2.95. The van der Waals surface area contributed by atoms with Crippen LogP contribution in [0, 0.1) is 0 Å². The Labute approximate surface area is 134 Å². The minimum absolute atomic E-state index is 0.186. The van der Waals surface area contributed by atoms with Crippen molar-refractivity contribution in [2.45, 2.75) is 5.03 Å². The van der Waals surface area contributed by atoms with Crippen LogP contribution in [0.1, 0.15) is 9.67 Å². The maximum atomic E-state index is 11.9. The average Bonchev–Trinajstić information content (AvgIpc) is 2.94. The fourth-order valence-electron chi connectivity index (χ4n) is 1.43. The van der Waals surface area contributed by atoms with Crippen molar-refractivity contribution in [1.29, 1.82) is 0 Å². The van der Waals surface area contributed by atoms with Crippen LogP contribution in [0.3, 0.4) is 0 Å². The number of nitrogens with one attached hydrogen (secondary N) is 1. The third-order valence-corrected chi connectivity index (χ3v) is 4.42. The summed E-state index contributed by atoms with van der Waals surface area (Å²) in [6.07, 6.45) is 1.52. The van der Waals surface area contributed by atoms with Gasteiger partial charge in [-0.25, -0.2) is 9.78 Å². The van der Waals surface area contributed by atoms with E-state index in [9.17, 15) is 9.59 Å². The predicted molar refractivity (Wildman–Crippen MR) is 84.3 cm³/mol. The number of carbonyl (C=O) groups excluding carboxylic acids is 2. The number of esters is 1. The van der Waals surface area contributed by atoms with Crippen molar-refractivity contribution in [2.75, 3.05) is 18.2 Å². The number of nitrogens with zero attached hydrogens (tertiary/aromatic N) is 1. The molecule has 2 rings (SSSR count). The molecule has 0 aliphatic carbocycles. The molecule has 0 spiro atoms. The minimum Gasteiger partial charge on any atom is -0.465 e. The lowest BCUT2D eigenvalue weighted by atomic mass is 10.4. The molecule has 2 aromatic heterocycles. The third kappa shape index (κ3) is 4.45. The molecule has 0 saturated carbocycles. The molecule has 0 aliphatic rings. The Kier molecular flexibility index (Phi) is 5.60. The zero-order chi connectivity index (χ0) is 15.2. The van der Waals surface area contributed by atoms with E-state index in [1.165, 1.54) is 36.4 Å². The third-order valence-electron chi connectivity index (χ3n) is 2.36.